The third-order valence-electron chi connectivity index (χ3n) is 5.93. The largest absolute Gasteiger partial charge is 0.378 e. The average Bonchev–Trinajstić information content (AvgIpc) is 3.20. The van der Waals surface area contributed by atoms with Gasteiger partial charge in [-0.1, -0.05) is 30.3 Å². The Morgan fingerprint density at radius 3 is 2.26 bits per heavy atom. The zero-order valence-electron chi connectivity index (χ0n) is 19.5. The van der Waals surface area contributed by atoms with Gasteiger partial charge in [-0.05, 0) is 50.2 Å². The summed E-state index contributed by atoms with van der Waals surface area (Å²) in [7, 11) is -3.87. The molecule has 0 atom stereocenters. The van der Waals surface area contributed by atoms with Crippen LogP contribution < -0.4 is 9.62 Å². The highest BCUT2D eigenvalue weighted by molar-refractivity contribution is 7.92. The number of hydrogen-bond donors (Lipinski definition) is 1. The molecule has 0 spiro atoms. The van der Waals surface area contributed by atoms with E-state index in [1.54, 1.807) is 32.0 Å². The van der Waals surface area contributed by atoms with Gasteiger partial charge in [-0.15, -0.1) is 10.2 Å². The SMILES string of the molecule is Cc1nn(-c2ccc(-c3ccccc3)nn2)c(C)c1S(=O)(=O)Nc1ccc(N2CCOCC2)cc1. The summed E-state index contributed by atoms with van der Waals surface area (Å²) in [5, 5.41) is 13.0. The Morgan fingerprint density at radius 1 is 0.886 bits per heavy atom. The Balaban J connectivity index is 1.38. The third kappa shape index (κ3) is 4.75. The summed E-state index contributed by atoms with van der Waals surface area (Å²) < 4.78 is 36.2. The summed E-state index contributed by atoms with van der Waals surface area (Å²) in [4.78, 5) is 2.34. The molecule has 5 rings (SSSR count). The number of nitrogens with zero attached hydrogens (tertiary/aromatic N) is 5. The molecule has 0 amide bonds. The van der Waals surface area contributed by atoms with Crippen molar-refractivity contribution in [3.8, 4) is 17.1 Å². The number of sulfonamides is 1. The topological polar surface area (TPSA) is 102 Å². The number of ether oxygens (including phenoxy) is 1. The van der Waals surface area contributed by atoms with Gasteiger partial charge >= 0.3 is 0 Å². The van der Waals surface area contributed by atoms with Crippen molar-refractivity contribution in [2.75, 3.05) is 35.9 Å². The Labute approximate surface area is 204 Å². The summed E-state index contributed by atoms with van der Waals surface area (Å²) in [5.74, 6) is 0.446. The van der Waals surface area contributed by atoms with Crippen LogP contribution in [0.2, 0.25) is 0 Å². The molecule has 0 bridgehead atoms. The highest BCUT2D eigenvalue weighted by Crippen LogP contribution is 2.26. The molecule has 180 valence electrons. The molecular formula is C25H26N6O3S. The molecule has 4 aromatic rings. The van der Waals surface area contributed by atoms with Gasteiger partial charge in [0.05, 0.1) is 30.3 Å². The summed E-state index contributed by atoms with van der Waals surface area (Å²) in [6, 6.07) is 20.7. The highest BCUT2D eigenvalue weighted by atomic mass is 32.2. The van der Waals surface area contributed by atoms with Gasteiger partial charge in [0, 0.05) is 30.0 Å². The number of anilines is 2. The van der Waals surface area contributed by atoms with Crippen LogP contribution in [-0.2, 0) is 14.8 Å². The molecule has 1 fully saturated rings. The first-order valence-electron chi connectivity index (χ1n) is 11.3. The summed E-state index contributed by atoms with van der Waals surface area (Å²) in [5.41, 5.74) is 4.04. The number of rotatable bonds is 6. The molecule has 1 saturated heterocycles. The fourth-order valence-electron chi connectivity index (χ4n) is 4.21. The molecule has 0 saturated carbocycles. The smallest absolute Gasteiger partial charge is 0.265 e. The van der Waals surface area contributed by atoms with Crippen LogP contribution in [0.15, 0.2) is 71.6 Å². The van der Waals surface area contributed by atoms with Crippen molar-refractivity contribution in [2.24, 2.45) is 0 Å². The van der Waals surface area contributed by atoms with E-state index in [2.05, 4.69) is 24.9 Å². The van der Waals surface area contributed by atoms with E-state index in [1.807, 2.05) is 48.5 Å². The molecule has 10 heteroatoms. The van der Waals surface area contributed by atoms with E-state index in [0.29, 0.717) is 36.1 Å². The van der Waals surface area contributed by atoms with Crippen molar-refractivity contribution in [1.29, 1.82) is 0 Å². The van der Waals surface area contributed by atoms with Crippen molar-refractivity contribution >= 4 is 21.4 Å². The van der Waals surface area contributed by atoms with Crippen LogP contribution in [0.3, 0.4) is 0 Å². The van der Waals surface area contributed by atoms with Gasteiger partial charge in [0.25, 0.3) is 10.0 Å². The normalized spacial score (nSPS) is 14.2. The molecule has 2 aromatic heterocycles. The molecule has 0 aliphatic carbocycles. The molecule has 0 unspecified atom stereocenters. The van der Waals surface area contributed by atoms with E-state index in [1.165, 1.54) is 4.68 Å². The molecule has 2 aromatic carbocycles. The lowest BCUT2D eigenvalue weighted by Crippen LogP contribution is -2.36. The second-order valence-corrected chi connectivity index (χ2v) is 9.93. The molecular weight excluding hydrogens is 464 g/mol. The second-order valence-electron chi connectivity index (χ2n) is 8.31. The van der Waals surface area contributed by atoms with Crippen LogP contribution in [-0.4, -0.2) is 54.7 Å². The predicted octanol–water partition coefficient (Wildman–Crippen LogP) is 3.58. The Hall–Kier alpha value is -3.76. The number of benzene rings is 2. The Morgan fingerprint density at radius 2 is 1.60 bits per heavy atom. The van der Waals surface area contributed by atoms with E-state index in [9.17, 15) is 8.42 Å². The summed E-state index contributed by atoms with van der Waals surface area (Å²) >= 11 is 0. The van der Waals surface area contributed by atoms with Crippen molar-refractivity contribution in [2.45, 2.75) is 18.7 Å². The van der Waals surface area contributed by atoms with E-state index in [-0.39, 0.29) is 4.90 Å². The Kier molecular flexibility index (Phi) is 6.23. The molecule has 1 aliphatic rings. The van der Waals surface area contributed by atoms with Gasteiger partial charge in [-0.3, -0.25) is 4.72 Å². The average molecular weight is 491 g/mol. The van der Waals surface area contributed by atoms with Gasteiger partial charge < -0.3 is 9.64 Å². The standard InChI is InChI=1S/C25H26N6O3S/c1-18-25(35(32,33)29-21-8-10-22(11-9-21)30-14-16-34-17-15-30)19(2)31(28-18)24-13-12-23(26-27-24)20-6-4-3-5-7-20/h3-13,29H,14-17H2,1-2H3. The van der Waals surface area contributed by atoms with Gasteiger partial charge in [-0.25, -0.2) is 13.1 Å². The summed E-state index contributed by atoms with van der Waals surface area (Å²) in [6.45, 7) is 6.40. The highest BCUT2D eigenvalue weighted by Gasteiger charge is 2.26. The number of nitrogens with one attached hydrogen (secondary N) is 1. The molecule has 1 aliphatic heterocycles. The van der Waals surface area contributed by atoms with Crippen LogP contribution in [0, 0.1) is 13.8 Å². The second kappa shape index (κ2) is 9.47. The maximum atomic E-state index is 13.3. The summed E-state index contributed by atoms with van der Waals surface area (Å²) in [6.07, 6.45) is 0. The maximum absolute atomic E-state index is 13.3. The molecule has 1 N–H and O–H groups in total. The lowest BCUT2D eigenvalue weighted by molar-refractivity contribution is 0.122. The third-order valence-corrected chi connectivity index (χ3v) is 7.56. The minimum absolute atomic E-state index is 0.128. The number of aromatic nitrogens is 4. The first-order chi connectivity index (χ1) is 16.9. The van der Waals surface area contributed by atoms with E-state index in [0.717, 1.165) is 30.0 Å². The van der Waals surface area contributed by atoms with Crippen LogP contribution in [0.1, 0.15) is 11.4 Å². The first kappa shape index (κ1) is 23.0. The number of hydrogen-bond acceptors (Lipinski definition) is 7. The molecule has 3 heterocycles. The van der Waals surface area contributed by atoms with Crippen molar-refractivity contribution in [3.05, 3.63) is 78.1 Å². The van der Waals surface area contributed by atoms with Crippen LogP contribution in [0.4, 0.5) is 11.4 Å². The van der Waals surface area contributed by atoms with Crippen LogP contribution >= 0.6 is 0 Å². The maximum Gasteiger partial charge on any atom is 0.265 e. The van der Waals surface area contributed by atoms with Crippen LogP contribution in [0.25, 0.3) is 17.1 Å². The van der Waals surface area contributed by atoms with Crippen molar-refractivity contribution < 1.29 is 13.2 Å². The van der Waals surface area contributed by atoms with Gasteiger partial charge in [0.1, 0.15) is 4.90 Å². The zero-order valence-corrected chi connectivity index (χ0v) is 20.4. The monoisotopic (exact) mass is 490 g/mol. The number of aryl methyl sites for hydroxylation is 1. The molecule has 0 radical (unpaired) electrons. The molecule has 9 nitrogen and oxygen atoms in total. The fourth-order valence-corrected chi connectivity index (χ4v) is 5.66. The van der Waals surface area contributed by atoms with E-state index >= 15 is 0 Å². The predicted molar refractivity (Wildman–Crippen MR) is 134 cm³/mol. The number of morpholine rings is 1. The van der Waals surface area contributed by atoms with Crippen molar-refractivity contribution in [1.82, 2.24) is 20.0 Å². The van der Waals surface area contributed by atoms with E-state index < -0.39 is 10.0 Å². The minimum Gasteiger partial charge on any atom is -0.378 e. The lowest BCUT2D eigenvalue weighted by Gasteiger charge is -2.28. The quantitative estimate of drug-likeness (QED) is 0.441. The van der Waals surface area contributed by atoms with Crippen LogP contribution in [0.5, 0.6) is 0 Å². The van der Waals surface area contributed by atoms with Crippen molar-refractivity contribution in [3.63, 3.8) is 0 Å². The zero-order chi connectivity index (χ0) is 24.4. The Bertz CT molecular complexity index is 1410. The first-order valence-corrected chi connectivity index (χ1v) is 12.8. The van der Waals surface area contributed by atoms with Gasteiger partial charge in [0.15, 0.2) is 5.82 Å². The van der Waals surface area contributed by atoms with E-state index in [4.69, 9.17) is 4.74 Å². The van der Waals surface area contributed by atoms with Gasteiger partial charge in [0.2, 0.25) is 0 Å². The fraction of sp³-hybridized carbons (Fsp3) is 0.240. The van der Waals surface area contributed by atoms with Gasteiger partial charge in [-0.2, -0.15) is 5.10 Å². The minimum atomic E-state index is -3.87. The lowest BCUT2D eigenvalue weighted by atomic mass is 10.1. The molecule has 35 heavy (non-hydrogen) atoms.